The topological polar surface area (TPSA) is 39.2 Å². The third kappa shape index (κ3) is 1.46. The molecule has 0 radical (unpaired) electrons. The minimum Gasteiger partial charge on any atom is -0.496 e. The smallest absolute Gasteiger partial charge is 0.154 e. The van der Waals surface area contributed by atoms with Crippen LogP contribution in [0.25, 0.3) is 10.9 Å². The molecule has 0 fully saturated rings. The summed E-state index contributed by atoms with van der Waals surface area (Å²) in [6.07, 6.45) is 2.55. The maximum absolute atomic E-state index is 11.0. The number of nitrogens with zero attached hydrogens (tertiary/aromatic N) is 1. The van der Waals surface area contributed by atoms with E-state index in [1.807, 2.05) is 19.1 Å². The number of carbonyl (C=O) groups is 1. The lowest BCUT2D eigenvalue weighted by Gasteiger charge is -2.08. The molecule has 2 rings (SSSR count). The van der Waals surface area contributed by atoms with Crippen LogP contribution in [-0.4, -0.2) is 18.4 Å². The molecule has 0 aliphatic rings. The highest BCUT2D eigenvalue weighted by molar-refractivity contribution is 6.00. The van der Waals surface area contributed by atoms with E-state index in [1.54, 1.807) is 19.4 Å². The van der Waals surface area contributed by atoms with Gasteiger partial charge in [0.15, 0.2) is 6.29 Å². The van der Waals surface area contributed by atoms with Crippen molar-refractivity contribution in [2.45, 2.75) is 6.92 Å². The predicted molar refractivity (Wildman–Crippen MR) is 58.4 cm³/mol. The van der Waals surface area contributed by atoms with Gasteiger partial charge in [-0.2, -0.15) is 0 Å². The molecule has 3 heteroatoms. The summed E-state index contributed by atoms with van der Waals surface area (Å²) in [7, 11) is 1.56. The van der Waals surface area contributed by atoms with E-state index in [0.29, 0.717) is 11.3 Å². The lowest BCUT2D eigenvalue weighted by atomic mass is 10.0. The minimum absolute atomic E-state index is 0.570. The molecular formula is C12H11NO2. The molecule has 76 valence electrons. The van der Waals surface area contributed by atoms with Crippen LogP contribution in [0.3, 0.4) is 0 Å². The van der Waals surface area contributed by atoms with E-state index in [0.717, 1.165) is 22.8 Å². The number of ether oxygens (including phenoxy) is 1. The normalized spacial score (nSPS) is 10.3. The number of hydrogen-bond acceptors (Lipinski definition) is 3. The number of fused-ring (bicyclic) bond motifs is 1. The number of aryl methyl sites for hydroxylation is 1. The molecule has 0 bridgehead atoms. The summed E-state index contributed by atoms with van der Waals surface area (Å²) in [5, 5.41) is 0.867. The molecule has 0 aliphatic carbocycles. The first-order valence-electron chi connectivity index (χ1n) is 4.65. The largest absolute Gasteiger partial charge is 0.496 e. The van der Waals surface area contributed by atoms with Crippen LogP contribution in [0.4, 0.5) is 0 Å². The lowest BCUT2D eigenvalue weighted by molar-refractivity contribution is 0.112. The zero-order valence-electron chi connectivity index (χ0n) is 8.65. The first-order chi connectivity index (χ1) is 7.27. The van der Waals surface area contributed by atoms with E-state index < -0.39 is 0 Å². The summed E-state index contributed by atoms with van der Waals surface area (Å²) in [6.45, 7) is 1.95. The van der Waals surface area contributed by atoms with Crippen molar-refractivity contribution in [1.29, 1.82) is 0 Å². The molecule has 0 aliphatic heterocycles. The van der Waals surface area contributed by atoms with Crippen LogP contribution in [-0.2, 0) is 0 Å². The van der Waals surface area contributed by atoms with Gasteiger partial charge in [-0.15, -0.1) is 0 Å². The van der Waals surface area contributed by atoms with Crippen molar-refractivity contribution in [3.05, 3.63) is 35.5 Å². The Bertz CT molecular complexity index is 520. The molecule has 0 unspecified atom stereocenters. The zero-order chi connectivity index (χ0) is 10.8. The number of benzene rings is 1. The molecule has 0 amide bonds. The van der Waals surface area contributed by atoms with Crippen molar-refractivity contribution in [2.24, 2.45) is 0 Å². The summed E-state index contributed by atoms with van der Waals surface area (Å²) in [6, 6.07) is 5.50. The standard InChI is InChI=1S/C12H11NO2/c1-8-5-6-13-10-3-4-11(15-2)9(7-14)12(8)10/h3-7H,1-2H3. The monoisotopic (exact) mass is 201 g/mol. The maximum atomic E-state index is 11.0. The van der Waals surface area contributed by atoms with Gasteiger partial charge in [0.1, 0.15) is 5.75 Å². The van der Waals surface area contributed by atoms with E-state index >= 15 is 0 Å². The Morgan fingerprint density at radius 2 is 2.13 bits per heavy atom. The summed E-state index contributed by atoms with van der Waals surface area (Å²) in [4.78, 5) is 15.3. The second-order valence-corrected chi connectivity index (χ2v) is 3.32. The Morgan fingerprint density at radius 3 is 2.80 bits per heavy atom. The summed E-state index contributed by atoms with van der Waals surface area (Å²) >= 11 is 0. The molecule has 1 heterocycles. The molecule has 1 aromatic heterocycles. The summed E-state index contributed by atoms with van der Waals surface area (Å²) in [5.74, 6) is 0.591. The fourth-order valence-electron chi connectivity index (χ4n) is 1.72. The first kappa shape index (κ1) is 9.65. The van der Waals surface area contributed by atoms with Crippen LogP contribution in [0, 0.1) is 6.92 Å². The van der Waals surface area contributed by atoms with Crippen LogP contribution in [0.1, 0.15) is 15.9 Å². The molecule has 0 saturated carbocycles. The fraction of sp³-hybridized carbons (Fsp3) is 0.167. The van der Waals surface area contributed by atoms with E-state index in [-0.39, 0.29) is 0 Å². The van der Waals surface area contributed by atoms with Gasteiger partial charge >= 0.3 is 0 Å². The van der Waals surface area contributed by atoms with Gasteiger partial charge in [-0.1, -0.05) is 0 Å². The van der Waals surface area contributed by atoms with Gasteiger partial charge in [0.2, 0.25) is 0 Å². The fourth-order valence-corrected chi connectivity index (χ4v) is 1.72. The third-order valence-electron chi connectivity index (χ3n) is 2.45. The summed E-state index contributed by atoms with van der Waals surface area (Å²) < 4.78 is 5.14. The Kier molecular flexibility index (Phi) is 2.37. The summed E-state index contributed by atoms with van der Waals surface area (Å²) in [5.41, 5.74) is 2.42. The van der Waals surface area contributed by atoms with Gasteiger partial charge in [0.05, 0.1) is 18.2 Å². The quantitative estimate of drug-likeness (QED) is 0.700. The van der Waals surface area contributed by atoms with E-state index in [1.165, 1.54) is 0 Å². The molecule has 0 N–H and O–H groups in total. The van der Waals surface area contributed by atoms with Crippen molar-refractivity contribution < 1.29 is 9.53 Å². The van der Waals surface area contributed by atoms with Gasteiger partial charge in [-0.05, 0) is 30.7 Å². The average Bonchev–Trinajstić information content (AvgIpc) is 2.28. The van der Waals surface area contributed by atoms with E-state index in [4.69, 9.17) is 4.74 Å². The Labute approximate surface area is 87.7 Å². The average molecular weight is 201 g/mol. The zero-order valence-corrected chi connectivity index (χ0v) is 8.65. The highest BCUT2D eigenvalue weighted by Gasteiger charge is 2.09. The minimum atomic E-state index is 0.570. The molecule has 3 nitrogen and oxygen atoms in total. The van der Waals surface area contributed by atoms with E-state index in [9.17, 15) is 4.79 Å². The number of aromatic nitrogens is 1. The van der Waals surface area contributed by atoms with Crippen molar-refractivity contribution >= 4 is 17.2 Å². The van der Waals surface area contributed by atoms with Gasteiger partial charge in [-0.3, -0.25) is 9.78 Å². The van der Waals surface area contributed by atoms with Crippen LogP contribution in [0.5, 0.6) is 5.75 Å². The first-order valence-corrected chi connectivity index (χ1v) is 4.65. The molecule has 0 atom stereocenters. The predicted octanol–water partition coefficient (Wildman–Crippen LogP) is 2.36. The number of carbonyl (C=O) groups excluding carboxylic acids is 1. The van der Waals surface area contributed by atoms with E-state index in [2.05, 4.69) is 4.98 Å². The van der Waals surface area contributed by atoms with Crippen LogP contribution >= 0.6 is 0 Å². The third-order valence-corrected chi connectivity index (χ3v) is 2.45. The Hall–Kier alpha value is -1.90. The second-order valence-electron chi connectivity index (χ2n) is 3.32. The molecule has 15 heavy (non-hydrogen) atoms. The van der Waals surface area contributed by atoms with Gasteiger partial charge in [0, 0.05) is 11.6 Å². The molecule has 0 saturated heterocycles. The molecule has 2 aromatic rings. The highest BCUT2D eigenvalue weighted by atomic mass is 16.5. The Balaban J connectivity index is 2.91. The molecule has 0 spiro atoms. The number of rotatable bonds is 2. The maximum Gasteiger partial charge on any atom is 0.154 e. The van der Waals surface area contributed by atoms with Gasteiger partial charge in [-0.25, -0.2) is 0 Å². The molecule has 1 aromatic carbocycles. The number of pyridine rings is 1. The van der Waals surface area contributed by atoms with Crippen LogP contribution < -0.4 is 4.74 Å². The van der Waals surface area contributed by atoms with Crippen LogP contribution in [0.2, 0.25) is 0 Å². The van der Waals surface area contributed by atoms with Crippen molar-refractivity contribution in [3.63, 3.8) is 0 Å². The highest BCUT2D eigenvalue weighted by Crippen LogP contribution is 2.27. The number of hydrogen-bond donors (Lipinski definition) is 0. The van der Waals surface area contributed by atoms with Gasteiger partial charge in [0.25, 0.3) is 0 Å². The second kappa shape index (κ2) is 3.69. The SMILES string of the molecule is COc1ccc2nccc(C)c2c1C=O. The van der Waals surface area contributed by atoms with Crippen molar-refractivity contribution in [3.8, 4) is 5.75 Å². The number of aldehydes is 1. The van der Waals surface area contributed by atoms with Crippen molar-refractivity contribution in [2.75, 3.05) is 7.11 Å². The number of methoxy groups -OCH3 is 1. The molecular weight excluding hydrogens is 190 g/mol. The Morgan fingerprint density at radius 1 is 1.33 bits per heavy atom. The lowest BCUT2D eigenvalue weighted by Crippen LogP contribution is -1.94. The van der Waals surface area contributed by atoms with Crippen LogP contribution in [0.15, 0.2) is 24.4 Å². The van der Waals surface area contributed by atoms with Gasteiger partial charge < -0.3 is 4.74 Å². The van der Waals surface area contributed by atoms with Crippen molar-refractivity contribution in [1.82, 2.24) is 4.98 Å².